The maximum Gasteiger partial charge on any atom is 0.312 e. The van der Waals surface area contributed by atoms with E-state index in [2.05, 4.69) is 0 Å². The van der Waals surface area contributed by atoms with E-state index in [1.807, 2.05) is 0 Å². The first kappa shape index (κ1) is 17.1. The Labute approximate surface area is 120 Å². The molecular formula is C10H12N2O7S2. The standard InChI is InChI=1S/C10H12N2O7S2/c1-2-3-5-6(10(12)21(17,18)19)4-7(20(14,15)16)8(11)9(5)13/h2-4,12-13H,11H2,1H3,(H,14,15,16)(H,17,18,19)/b3-2-,12-10?. The number of aromatic hydroxyl groups is 1. The van der Waals surface area contributed by atoms with Gasteiger partial charge in [0.05, 0.1) is 5.69 Å². The van der Waals surface area contributed by atoms with Crippen LogP contribution in [0.5, 0.6) is 5.75 Å². The zero-order chi connectivity index (χ0) is 16.6. The first-order valence-electron chi connectivity index (χ1n) is 5.23. The number of hydrogen-bond donors (Lipinski definition) is 5. The molecule has 0 atom stereocenters. The minimum atomic E-state index is -4.97. The number of hydrogen-bond acceptors (Lipinski definition) is 7. The molecule has 0 fully saturated rings. The SMILES string of the molecule is C/C=C\c1c(C(=N)S(=O)(=O)O)cc(S(=O)(=O)O)c(N)c1O. The van der Waals surface area contributed by atoms with Crippen LogP contribution in [-0.4, -0.2) is 36.1 Å². The molecule has 11 heteroatoms. The van der Waals surface area contributed by atoms with E-state index < -0.39 is 47.2 Å². The van der Waals surface area contributed by atoms with Crippen molar-refractivity contribution >= 4 is 37.0 Å². The maximum atomic E-state index is 11.2. The van der Waals surface area contributed by atoms with Gasteiger partial charge in [0.25, 0.3) is 10.1 Å². The number of nitrogen functional groups attached to an aromatic ring is 1. The molecule has 0 unspecified atom stereocenters. The van der Waals surface area contributed by atoms with Gasteiger partial charge in [0.1, 0.15) is 10.6 Å². The summed E-state index contributed by atoms with van der Waals surface area (Å²) >= 11 is 0. The van der Waals surface area contributed by atoms with Crippen molar-refractivity contribution in [2.45, 2.75) is 11.8 Å². The van der Waals surface area contributed by atoms with E-state index in [0.29, 0.717) is 6.07 Å². The third kappa shape index (κ3) is 3.39. The Morgan fingerprint density at radius 3 is 2.19 bits per heavy atom. The highest BCUT2D eigenvalue weighted by Gasteiger charge is 2.27. The molecule has 116 valence electrons. The van der Waals surface area contributed by atoms with Gasteiger partial charge >= 0.3 is 10.1 Å². The van der Waals surface area contributed by atoms with Gasteiger partial charge in [-0.1, -0.05) is 12.2 Å². The molecule has 0 saturated heterocycles. The molecule has 9 nitrogen and oxygen atoms in total. The molecule has 6 N–H and O–H groups in total. The summed E-state index contributed by atoms with van der Waals surface area (Å²) in [6, 6.07) is 0.579. The highest BCUT2D eigenvalue weighted by Crippen LogP contribution is 2.36. The van der Waals surface area contributed by atoms with Crippen LogP contribution in [-0.2, 0) is 20.2 Å². The number of phenolic OH excluding ortho intramolecular Hbond substituents is 1. The Hall–Kier alpha value is -1.95. The Bertz CT molecular complexity index is 839. The first-order valence-corrected chi connectivity index (χ1v) is 8.11. The lowest BCUT2D eigenvalue weighted by Crippen LogP contribution is -2.17. The van der Waals surface area contributed by atoms with E-state index >= 15 is 0 Å². The minimum absolute atomic E-state index is 0.287. The largest absolute Gasteiger partial charge is 0.505 e. The third-order valence-corrected chi connectivity index (χ3v) is 4.08. The van der Waals surface area contributed by atoms with E-state index in [9.17, 15) is 21.9 Å². The summed E-state index contributed by atoms with van der Waals surface area (Å²) < 4.78 is 62.3. The molecule has 0 spiro atoms. The summed E-state index contributed by atoms with van der Waals surface area (Å²) in [5.74, 6) is -0.841. The lowest BCUT2D eigenvalue weighted by Gasteiger charge is -2.13. The van der Waals surface area contributed by atoms with E-state index in [0.717, 1.165) is 6.08 Å². The van der Waals surface area contributed by atoms with E-state index in [1.165, 1.54) is 13.0 Å². The van der Waals surface area contributed by atoms with Crippen LogP contribution in [0.4, 0.5) is 5.69 Å². The number of allylic oxidation sites excluding steroid dienone is 1. The molecule has 0 aliphatic rings. The normalized spacial score (nSPS) is 12.7. The van der Waals surface area contributed by atoms with Gasteiger partial charge in [-0.05, 0) is 13.0 Å². The predicted octanol–water partition coefficient (Wildman–Crippen LogP) is 0.467. The zero-order valence-electron chi connectivity index (χ0n) is 10.6. The van der Waals surface area contributed by atoms with Crippen molar-refractivity contribution in [1.29, 1.82) is 5.41 Å². The van der Waals surface area contributed by atoms with E-state index in [1.54, 1.807) is 0 Å². The van der Waals surface area contributed by atoms with Crippen LogP contribution in [0, 0.1) is 5.41 Å². The van der Waals surface area contributed by atoms with E-state index in [4.69, 9.17) is 20.2 Å². The Morgan fingerprint density at radius 1 is 1.29 bits per heavy atom. The van der Waals surface area contributed by atoms with Gasteiger partial charge in [0, 0.05) is 11.1 Å². The Kier molecular flexibility index (Phi) is 4.43. The van der Waals surface area contributed by atoms with Gasteiger partial charge < -0.3 is 10.8 Å². The number of nitrogens with one attached hydrogen (secondary N) is 1. The van der Waals surface area contributed by atoms with Crippen molar-refractivity contribution in [2.24, 2.45) is 0 Å². The minimum Gasteiger partial charge on any atom is -0.505 e. The second kappa shape index (κ2) is 5.44. The molecule has 1 rings (SSSR count). The molecule has 0 amide bonds. The average Bonchev–Trinajstić information content (AvgIpc) is 2.32. The maximum absolute atomic E-state index is 11.2. The Morgan fingerprint density at radius 2 is 1.81 bits per heavy atom. The summed E-state index contributed by atoms with van der Waals surface area (Å²) in [6.07, 6.45) is 2.52. The summed E-state index contributed by atoms with van der Waals surface area (Å²) in [4.78, 5) is -0.975. The van der Waals surface area contributed by atoms with Gasteiger partial charge in [-0.25, -0.2) is 0 Å². The van der Waals surface area contributed by atoms with Crippen LogP contribution in [0.2, 0.25) is 0 Å². The second-order valence-electron chi connectivity index (χ2n) is 3.88. The number of benzene rings is 1. The smallest absolute Gasteiger partial charge is 0.312 e. The summed E-state index contributed by atoms with van der Waals surface area (Å²) in [5, 5.41) is 15.9. The molecule has 1 aromatic rings. The first-order chi connectivity index (χ1) is 9.41. The van der Waals surface area contributed by atoms with Crippen LogP contribution >= 0.6 is 0 Å². The highest BCUT2D eigenvalue weighted by molar-refractivity contribution is 8.02. The lowest BCUT2D eigenvalue weighted by molar-refractivity contribution is 0.468. The quantitative estimate of drug-likeness (QED) is 0.174. The second-order valence-corrected chi connectivity index (χ2v) is 6.63. The van der Waals surface area contributed by atoms with Crippen LogP contribution in [0.15, 0.2) is 17.0 Å². The average molecular weight is 336 g/mol. The van der Waals surface area contributed by atoms with Crippen molar-refractivity contribution in [2.75, 3.05) is 5.73 Å². The molecule has 0 aliphatic carbocycles. The van der Waals surface area contributed by atoms with Crippen LogP contribution in [0.25, 0.3) is 6.08 Å². The van der Waals surface area contributed by atoms with Crippen LogP contribution < -0.4 is 5.73 Å². The number of rotatable bonds is 3. The molecular weight excluding hydrogens is 324 g/mol. The fourth-order valence-electron chi connectivity index (χ4n) is 1.55. The van der Waals surface area contributed by atoms with Crippen LogP contribution in [0.1, 0.15) is 18.1 Å². The molecule has 0 saturated carbocycles. The zero-order valence-corrected chi connectivity index (χ0v) is 12.2. The van der Waals surface area contributed by atoms with Crippen molar-refractivity contribution in [3.63, 3.8) is 0 Å². The third-order valence-electron chi connectivity index (χ3n) is 2.46. The summed E-state index contributed by atoms with van der Waals surface area (Å²) in [6.45, 7) is 1.51. The van der Waals surface area contributed by atoms with E-state index in [-0.39, 0.29) is 5.56 Å². The molecule has 0 aliphatic heterocycles. The van der Waals surface area contributed by atoms with Gasteiger partial charge in [0.2, 0.25) is 0 Å². The van der Waals surface area contributed by atoms with Gasteiger partial charge in [0.15, 0.2) is 5.04 Å². The Balaban J connectivity index is 3.94. The van der Waals surface area contributed by atoms with Crippen molar-refractivity contribution in [1.82, 2.24) is 0 Å². The van der Waals surface area contributed by atoms with Crippen molar-refractivity contribution < 1.29 is 31.0 Å². The molecule has 1 aromatic carbocycles. The topological polar surface area (TPSA) is 179 Å². The van der Waals surface area contributed by atoms with Gasteiger partial charge in [-0.3, -0.25) is 14.5 Å². The molecule has 0 bridgehead atoms. The summed E-state index contributed by atoms with van der Waals surface area (Å²) in [5.41, 5.74) is 3.75. The predicted molar refractivity (Wildman–Crippen MR) is 75.4 cm³/mol. The number of nitrogens with two attached hydrogens (primary N) is 1. The lowest BCUT2D eigenvalue weighted by atomic mass is 10.0. The highest BCUT2D eigenvalue weighted by atomic mass is 32.2. The number of anilines is 1. The molecule has 0 aromatic heterocycles. The molecule has 21 heavy (non-hydrogen) atoms. The summed E-state index contributed by atoms with van der Waals surface area (Å²) in [7, 11) is -9.84. The molecule has 0 heterocycles. The monoisotopic (exact) mass is 336 g/mol. The molecule has 0 radical (unpaired) electrons. The van der Waals surface area contributed by atoms with Crippen molar-refractivity contribution in [3.05, 3.63) is 23.3 Å². The van der Waals surface area contributed by atoms with Gasteiger partial charge in [-0.2, -0.15) is 16.8 Å². The number of phenols is 1. The van der Waals surface area contributed by atoms with Crippen molar-refractivity contribution in [3.8, 4) is 5.75 Å². The van der Waals surface area contributed by atoms with Gasteiger partial charge in [-0.15, -0.1) is 0 Å². The fraction of sp³-hybridized carbons (Fsp3) is 0.100. The van der Waals surface area contributed by atoms with Crippen LogP contribution in [0.3, 0.4) is 0 Å². The fourth-order valence-corrected chi connectivity index (χ4v) is 2.64.